The highest BCUT2D eigenvalue weighted by Gasteiger charge is 2.21. The zero-order chi connectivity index (χ0) is 18.5. The summed E-state index contributed by atoms with van der Waals surface area (Å²) in [6.07, 6.45) is 2.75. The fraction of sp³-hybridized carbons (Fsp3) is 0.412. The van der Waals surface area contributed by atoms with E-state index in [1.807, 2.05) is 6.07 Å². The molecule has 9 heteroatoms. The monoisotopic (exact) mass is 361 g/mol. The number of aryl methyl sites for hydroxylation is 1. The maximum Gasteiger partial charge on any atom is 0.306 e. The Morgan fingerprint density at radius 1 is 1.27 bits per heavy atom. The first-order chi connectivity index (χ1) is 12.5. The molecule has 0 spiro atoms. The van der Waals surface area contributed by atoms with E-state index in [-0.39, 0.29) is 23.8 Å². The van der Waals surface area contributed by atoms with Gasteiger partial charge in [0.2, 0.25) is 5.91 Å². The molecule has 0 atom stereocenters. The average molecular weight is 361 g/mol. The standard InChI is InChI=1S/C17H20FN5O3/c18-15-3-1-2-14(10-15)12-20-6-8-21(9-7-20)17(24)4-5-22-13-16(11-19-22)23(25)26/h1-3,10-11,13H,4-9,12H2. The van der Waals surface area contributed by atoms with E-state index in [1.54, 1.807) is 11.0 Å². The molecular formula is C17H20FN5O3. The van der Waals surface area contributed by atoms with E-state index < -0.39 is 4.92 Å². The molecule has 1 aromatic heterocycles. The molecule has 0 aliphatic carbocycles. The van der Waals surface area contributed by atoms with Crippen LogP contribution in [0.4, 0.5) is 10.1 Å². The lowest BCUT2D eigenvalue weighted by atomic mass is 10.2. The molecule has 1 aliphatic rings. The number of carbonyl (C=O) groups is 1. The summed E-state index contributed by atoms with van der Waals surface area (Å²) in [4.78, 5) is 26.4. The molecule has 3 rings (SSSR count). The predicted octanol–water partition coefficient (Wildman–Crippen LogP) is 1.66. The van der Waals surface area contributed by atoms with Crippen LogP contribution in [0, 0.1) is 15.9 Å². The minimum atomic E-state index is -0.511. The lowest BCUT2D eigenvalue weighted by Crippen LogP contribution is -2.48. The number of nitro groups is 1. The van der Waals surface area contributed by atoms with Gasteiger partial charge >= 0.3 is 5.69 Å². The summed E-state index contributed by atoms with van der Waals surface area (Å²) >= 11 is 0. The fourth-order valence-electron chi connectivity index (χ4n) is 2.99. The number of hydrogen-bond donors (Lipinski definition) is 0. The van der Waals surface area contributed by atoms with Crippen molar-refractivity contribution in [3.8, 4) is 0 Å². The first-order valence-electron chi connectivity index (χ1n) is 8.43. The van der Waals surface area contributed by atoms with Crippen molar-refractivity contribution in [1.82, 2.24) is 19.6 Å². The maximum atomic E-state index is 13.2. The quantitative estimate of drug-likeness (QED) is 0.577. The summed E-state index contributed by atoms with van der Waals surface area (Å²) < 4.78 is 14.7. The Morgan fingerprint density at radius 2 is 2.04 bits per heavy atom. The van der Waals surface area contributed by atoms with Gasteiger partial charge in [0.1, 0.15) is 18.2 Å². The topological polar surface area (TPSA) is 84.5 Å². The second kappa shape index (κ2) is 8.05. The zero-order valence-electron chi connectivity index (χ0n) is 14.3. The largest absolute Gasteiger partial charge is 0.340 e. The average Bonchev–Trinajstić information content (AvgIpc) is 3.10. The van der Waals surface area contributed by atoms with E-state index in [2.05, 4.69) is 10.00 Å². The van der Waals surface area contributed by atoms with Crippen molar-refractivity contribution in [1.29, 1.82) is 0 Å². The van der Waals surface area contributed by atoms with Crippen LogP contribution >= 0.6 is 0 Å². The molecule has 0 saturated carbocycles. The van der Waals surface area contributed by atoms with Crippen LogP contribution in [-0.2, 0) is 17.9 Å². The summed E-state index contributed by atoms with van der Waals surface area (Å²) in [5, 5.41) is 14.5. The van der Waals surface area contributed by atoms with E-state index in [0.29, 0.717) is 26.2 Å². The van der Waals surface area contributed by atoms with Gasteiger partial charge in [-0.1, -0.05) is 12.1 Å². The van der Waals surface area contributed by atoms with Crippen molar-refractivity contribution in [2.75, 3.05) is 26.2 Å². The normalized spacial score (nSPS) is 15.2. The second-order valence-corrected chi connectivity index (χ2v) is 6.26. The Bertz CT molecular complexity index is 786. The van der Waals surface area contributed by atoms with Crippen molar-refractivity contribution in [2.45, 2.75) is 19.5 Å². The third kappa shape index (κ3) is 4.63. The van der Waals surface area contributed by atoms with Gasteiger partial charge in [-0.3, -0.25) is 24.5 Å². The molecule has 1 fully saturated rings. The number of nitrogens with zero attached hydrogens (tertiary/aromatic N) is 5. The van der Waals surface area contributed by atoms with Crippen LogP contribution in [0.2, 0.25) is 0 Å². The van der Waals surface area contributed by atoms with Gasteiger partial charge in [0.05, 0.1) is 4.92 Å². The molecule has 0 unspecified atom stereocenters. The van der Waals surface area contributed by atoms with Crippen LogP contribution in [-0.4, -0.2) is 56.6 Å². The first-order valence-corrected chi connectivity index (χ1v) is 8.43. The van der Waals surface area contributed by atoms with Crippen molar-refractivity contribution in [3.63, 3.8) is 0 Å². The highest BCUT2D eigenvalue weighted by molar-refractivity contribution is 5.76. The van der Waals surface area contributed by atoms with E-state index in [9.17, 15) is 19.3 Å². The molecule has 1 aliphatic heterocycles. The minimum absolute atomic E-state index is 0.00792. The Hall–Kier alpha value is -2.81. The van der Waals surface area contributed by atoms with Gasteiger partial charge in [-0.25, -0.2) is 4.39 Å². The van der Waals surface area contributed by atoms with Crippen LogP contribution in [0.15, 0.2) is 36.7 Å². The van der Waals surface area contributed by atoms with Crippen molar-refractivity contribution >= 4 is 11.6 Å². The molecule has 0 bridgehead atoms. The number of aromatic nitrogens is 2. The third-order valence-electron chi connectivity index (χ3n) is 4.41. The first kappa shape index (κ1) is 18.0. The van der Waals surface area contributed by atoms with Gasteiger partial charge in [0.15, 0.2) is 0 Å². The van der Waals surface area contributed by atoms with E-state index >= 15 is 0 Å². The molecule has 1 amide bonds. The number of piperazine rings is 1. The van der Waals surface area contributed by atoms with E-state index in [4.69, 9.17) is 0 Å². The van der Waals surface area contributed by atoms with Crippen LogP contribution in [0.5, 0.6) is 0 Å². The Morgan fingerprint density at radius 3 is 2.69 bits per heavy atom. The van der Waals surface area contributed by atoms with Crippen molar-refractivity contribution in [2.24, 2.45) is 0 Å². The highest BCUT2D eigenvalue weighted by atomic mass is 19.1. The molecule has 0 N–H and O–H groups in total. The fourth-order valence-corrected chi connectivity index (χ4v) is 2.99. The lowest BCUT2D eigenvalue weighted by molar-refractivity contribution is -0.385. The zero-order valence-corrected chi connectivity index (χ0v) is 14.3. The predicted molar refractivity (Wildman–Crippen MR) is 91.8 cm³/mol. The molecule has 1 saturated heterocycles. The van der Waals surface area contributed by atoms with Crippen LogP contribution < -0.4 is 0 Å². The number of carbonyl (C=O) groups excluding carboxylic acids is 1. The molecule has 2 heterocycles. The Kier molecular flexibility index (Phi) is 5.57. The number of rotatable bonds is 6. The smallest absolute Gasteiger partial charge is 0.306 e. The van der Waals surface area contributed by atoms with Gasteiger partial charge in [-0.15, -0.1) is 0 Å². The molecule has 1 aromatic carbocycles. The Labute approximate surface area is 150 Å². The van der Waals surface area contributed by atoms with Gasteiger partial charge in [0.25, 0.3) is 0 Å². The summed E-state index contributed by atoms with van der Waals surface area (Å²) in [6, 6.07) is 6.54. The summed E-state index contributed by atoms with van der Waals surface area (Å²) in [7, 11) is 0. The number of hydrogen-bond acceptors (Lipinski definition) is 5. The molecule has 26 heavy (non-hydrogen) atoms. The van der Waals surface area contributed by atoms with Gasteiger partial charge in [-0.2, -0.15) is 5.10 Å². The number of benzene rings is 1. The molecule has 0 radical (unpaired) electrons. The summed E-state index contributed by atoms with van der Waals surface area (Å²) in [5.74, 6) is -0.233. The SMILES string of the molecule is O=C(CCn1cc([N+](=O)[O-])cn1)N1CCN(Cc2cccc(F)c2)CC1. The maximum absolute atomic E-state index is 13.2. The molecule has 2 aromatic rings. The van der Waals surface area contributed by atoms with Crippen molar-refractivity contribution in [3.05, 3.63) is 58.2 Å². The second-order valence-electron chi connectivity index (χ2n) is 6.26. The van der Waals surface area contributed by atoms with E-state index in [1.165, 1.54) is 29.2 Å². The minimum Gasteiger partial charge on any atom is -0.340 e. The van der Waals surface area contributed by atoms with Crippen molar-refractivity contribution < 1.29 is 14.1 Å². The highest BCUT2D eigenvalue weighted by Crippen LogP contribution is 2.12. The summed E-state index contributed by atoms with van der Waals surface area (Å²) in [6.45, 7) is 3.68. The lowest BCUT2D eigenvalue weighted by Gasteiger charge is -2.34. The van der Waals surface area contributed by atoms with Gasteiger partial charge < -0.3 is 4.90 Å². The molecule has 8 nitrogen and oxygen atoms in total. The van der Waals surface area contributed by atoms with E-state index in [0.717, 1.165) is 18.7 Å². The Balaban J connectivity index is 1.43. The molecule has 138 valence electrons. The van der Waals surface area contributed by atoms with Crippen LogP contribution in [0.3, 0.4) is 0 Å². The van der Waals surface area contributed by atoms with Crippen LogP contribution in [0.25, 0.3) is 0 Å². The van der Waals surface area contributed by atoms with Crippen LogP contribution in [0.1, 0.15) is 12.0 Å². The van der Waals surface area contributed by atoms with Gasteiger partial charge in [-0.05, 0) is 17.7 Å². The number of halogens is 1. The van der Waals surface area contributed by atoms with Gasteiger partial charge in [0, 0.05) is 45.7 Å². The molecular weight excluding hydrogens is 341 g/mol. The number of amides is 1. The third-order valence-corrected chi connectivity index (χ3v) is 4.41. The summed E-state index contributed by atoms with van der Waals surface area (Å²) in [5.41, 5.74) is 0.841.